The molecule has 10 rings (SSSR count). The van der Waals surface area contributed by atoms with Crippen molar-refractivity contribution >= 4 is 80.3 Å². The van der Waals surface area contributed by atoms with Crippen LogP contribution in [0.15, 0.2) is 120 Å². The van der Waals surface area contributed by atoms with Gasteiger partial charge >= 0.3 is 11.9 Å². The van der Waals surface area contributed by atoms with E-state index in [0.29, 0.717) is 109 Å². The fraction of sp³-hybridized carbons (Fsp3) is 0.276. The molecule has 0 aromatic heterocycles. The number of rotatable bonds is 7. The van der Waals surface area contributed by atoms with E-state index in [2.05, 4.69) is 64.1 Å². The minimum atomic E-state index is -1.04. The van der Waals surface area contributed by atoms with E-state index in [1.54, 1.807) is 91.0 Å². The third-order valence-electron chi connectivity index (χ3n) is 13.5. The number of carboxylic acids is 2. The summed E-state index contributed by atoms with van der Waals surface area (Å²) in [7, 11) is 0. The molecule has 4 aliphatic heterocycles. The zero-order chi connectivity index (χ0) is 52.3. The first-order valence-electron chi connectivity index (χ1n) is 23.7. The molecule has 12 nitrogen and oxygen atoms in total. The quantitative estimate of drug-likeness (QED) is 0.158. The van der Waals surface area contributed by atoms with Crippen molar-refractivity contribution in [2.75, 3.05) is 36.2 Å². The Labute approximate surface area is 442 Å². The van der Waals surface area contributed by atoms with Gasteiger partial charge in [-0.15, -0.1) is 0 Å². The van der Waals surface area contributed by atoms with E-state index >= 15 is 0 Å². The van der Waals surface area contributed by atoms with E-state index in [4.69, 9.17) is 42.1 Å². The van der Waals surface area contributed by atoms with Crippen molar-refractivity contribution in [1.82, 2.24) is 0 Å². The van der Waals surface area contributed by atoms with Crippen molar-refractivity contribution in [1.29, 1.82) is 0 Å². The third-order valence-corrected chi connectivity index (χ3v) is 14.6. The molecule has 376 valence electrons. The van der Waals surface area contributed by atoms with E-state index in [1.165, 1.54) is 9.80 Å². The molecule has 0 bridgehead atoms. The van der Waals surface area contributed by atoms with Crippen LogP contribution in [-0.4, -0.2) is 60.4 Å². The smallest absolute Gasteiger partial charge is 0.313 e. The highest BCUT2D eigenvalue weighted by atomic mass is 79.9. The van der Waals surface area contributed by atoms with Crippen LogP contribution in [0.4, 0.5) is 11.4 Å². The van der Waals surface area contributed by atoms with Crippen molar-refractivity contribution < 1.29 is 48.3 Å². The molecule has 0 aliphatic carbocycles. The Bertz CT molecular complexity index is 3230. The number of aliphatic carboxylic acids is 2. The highest BCUT2D eigenvalue weighted by molar-refractivity contribution is 9.10. The van der Waals surface area contributed by atoms with Gasteiger partial charge in [0.2, 0.25) is 0 Å². The van der Waals surface area contributed by atoms with Crippen LogP contribution in [0.25, 0.3) is 6.08 Å². The maximum atomic E-state index is 14.1. The monoisotopic (exact) mass is 1090 g/mol. The molecule has 73 heavy (non-hydrogen) atoms. The van der Waals surface area contributed by atoms with Crippen molar-refractivity contribution in [2.24, 2.45) is 0 Å². The molecule has 4 heterocycles. The first-order chi connectivity index (χ1) is 34.7. The fourth-order valence-electron chi connectivity index (χ4n) is 10.1. The summed E-state index contributed by atoms with van der Waals surface area (Å²) in [6.07, 6.45) is 1.63. The predicted molar refractivity (Wildman–Crippen MR) is 286 cm³/mol. The van der Waals surface area contributed by atoms with Crippen LogP contribution in [0.2, 0.25) is 10.0 Å². The second-order valence-corrected chi connectivity index (χ2v) is 22.0. The minimum Gasteiger partial charge on any atom is -0.486 e. The number of amides is 2. The maximum Gasteiger partial charge on any atom is 0.313 e. The summed E-state index contributed by atoms with van der Waals surface area (Å²) in [6.45, 7) is 17.8. The molecule has 0 unspecified atom stereocenters. The number of anilines is 2. The first-order valence-corrected chi connectivity index (χ1v) is 25.3. The highest BCUT2D eigenvalue weighted by Crippen LogP contribution is 2.50. The number of hydrogen-bond acceptors (Lipinski definition) is 8. The van der Waals surface area contributed by atoms with Gasteiger partial charge < -0.3 is 29.2 Å². The van der Waals surface area contributed by atoms with Gasteiger partial charge in [0.1, 0.15) is 38.3 Å². The molecule has 0 spiro atoms. The lowest BCUT2D eigenvalue weighted by atomic mass is 9.78. The normalized spacial score (nSPS) is 19.0. The molecule has 15 heteroatoms. The lowest BCUT2D eigenvalue weighted by molar-refractivity contribution is -0.140. The van der Waals surface area contributed by atoms with Gasteiger partial charge in [0, 0.05) is 37.0 Å². The largest absolute Gasteiger partial charge is 0.486 e. The topological polar surface area (TPSA) is 152 Å². The summed E-state index contributed by atoms with van der Waals surface area (Å²) >= 11 is 16.8. The standard InChI is InChI=1S/C30H28ClNO5.C28H25BrClNO5/c1-5-17-6-9-20-21(14-17)28(33)32(19-8-10-22(23(31)16-19)30(2,3)4)27(26(20)29(34)35)18-7-11-24-25(15-18)37-13-12-36-24;1-28(2,3)20-8-6-17(14-21(20)30)31-25(15-4-9-22-23(12-15)36-11-10-35-22)24(27(33)34)18-7-5-16(29)13-19(18)26(31)32/h5-11,14-16,26-27H,1,12-13H2,2-4H3,(H,34,35);4-9,12-14,24-25H,10-11H2,1-3H3,(H,33,34)/t26-,27+;24-,25+/m00/s1. The van der Waals surface area contributed by atoms with Crippen molar-refractivity contribution in [3.05, 3.63) is 180 Å². The predicted octanol–water partition coefficient (Wildman–Crippen LogP) is 13.4. The van der Waals surface area contributed by atoms with Crippen LogP contribution in [0.5, 0.6) is 23.0 Å². The summed E-state index contributed by atoms with van der Waals surface area (Å²) in [6, 6.07) is 30.2. The van der Waals surface area contributed by atoms with E-state index in [0.717, 1.165) is 16.7 Å². The molecule has 0 fully saturated rings. The number of carbonyl (C=O) groups is 4. The van der Waals surface area contributed by atoms with Crippen molar-refractivity contribution in [3.8, 4) is 23.0 Å². The Morgan fingerprint density at radius 1 is 0.575 bits per heavy atom. The molecular weight excluding hydrogens is 1040 g/mol. The lowest BCUT2D eigenvalue weighted by Crippen LogP contribution is -2.45. The molecule has 0 saturated carbocycles. The Morgan fingerprint density at radius 2 is 0.986 bits per heavy atom. The Balaban J connectivity index is 0.000000180. The number of benzene rings is 6. The Kier molecular flexibility index (Phi) is 13.9. The lowest BCUT2D eigenvalue weighted by Gasteiger charge is -2.41. The Hall–Kier alpha value is -6.80. The van der Waals surface area contributed by atoms with Gasteiger partial charge in [-0.3, -0.25) is 29.0 Å². The van der Waals surface area contributed by atoms with E-state index in [-0.39, 0.29) is 22.6 Å². The van der Waals surface area contributed by atoms with Gasteiger partial charge in [-0.25, -0.2) is 0 Å². The van der Waals surface area contributed by atoms with Gasteiger partial charge in [0.05, 0.1) is 12.1 Å². The second kappa shape index (κ2) is 19.9. The maximum absolute atomic E-state index is 14.1. The van der Waals surface area contributed by atoms with Crippen molar-refractivity contribution in [3.63, 3.8) is 0 Å². The highest BCUT2D eigenvalue weighted by Gasteiger charge is 2.47. The van der Waals surface area contributed by atoms with Crippen LogP contribution in [-0.2, 0) is 20.4 Å². The fourth-order valence-corrected chi connectivity index (χ4v) is 11.4. The number of nitrogens with zero attached hydrogens (tertiary/aromatic N) is 2. The SMILES string of the molecule is C=Cc1ccc2c(c1)C(=O)N(c1ccc(C(C)(C)C)c(Cl)c1)[C@H](c1ccc3c(c1)OCCO3)[C@H]2C(=O)O.CC(C)(C)c1ccc(N2C(=O)c3cc(Br)ccc3[C@H](C(=O)O)[C@H]2c2ccc3c(c2)OCCO3)cc1Cl. The minimum absolute atomic E-state index is 0.197. The zero-order valence-electron chi connectivity index (χ0n) is 41.0. The van der Waals surface area contributed by atoms with Gasteiger partial charge in [-0.2, -0.15) is 0 Å². The van der Waals surface area contributed by atoms with Crippen LogP contribution in [0.3, 0.4) is 0 Å². The summed E-state index contributed by atoms with van der Waals surface area (Å²) in [4.78, 5) is 56.8. The average molecular weight is 1090 g/mol. The Morgan fingerprint density at radius 3 is 1.38 bits per heavy atom. The molecule has 2 N–H and O–H groups in total. The van der Waals surface area contributed by atoms with Gasteiger partial charge in [0.15, 0.2) is 23.0 Å². The second-order valence-electron chi connectivity index (χ2n) is 20.3. The summed E-state index contributed by atoms with van der Waals surface area (Å²) < 4.78 is 23.6. The molecule has 6 aromatic carbocycles. The number of carboxylic acid groups (broad SMARTS) is 2. The molecular formula is C58H53BrCl2N2O10. The zero-order valence-corrected chi connectivity index (χ0v) is 44.1. The van der Waals surface area contributed by atoms with Gasteiger partial charge in [0.25, 0.3) is 11.8 Å². The van der Waals surface area contributed by atoms with E-state index < -0.39 is 35.9 Å². The molecule has 6 aromatic rings. The van der Waals surface area contributed by atoms with E-state index in [1.807, 2.05) is 24.3 Å². The molecule has 0 saturated heterocycles. The number of ether oxygens (including phenoxy) is 4. The van der Waals surface area contributed by atoms with Crippen molar-refractivity contribution in [2.45, 2.75) is 76.3 Å². The van der Waals surface area contributed by atoms with E-state index in [9.17, 15) is 29.4 Å². The van der Waals surface area contributed by atoms with Crippen LogP contribution < -0.4 is 28.7 Å². The van der Waals surface area contributed by atoms with Crippen LogP contribution in [0, 0.1) is 0 Å². The number of carbonyl (C=O) groups excluding carboxylic acids is 2. The first kappa shape index (κ1) is 51.1. The van der Waals surface area contributed by atoms with Gasteiger partial charge in [-0.05, 0) is 117 Å². The number of fused-ring (bicyclic) bond motifs is 4. The summed E-state index contributed by atoms with van der Waals surface area (Å²) in [5.74, 6) is -2.51. The van der Waals surface area contributed by atoms with Crippen LogP contribution in [0.1, 0.15) is 125 Å². The number of hydrogen-bond donors (Lipinski definition) is 2. The molecule has 4 atom stereocenters. The molecule has 4 aliphatic rings. The average Bonchev–Trinajstić information content (AvgIpc) is 3.35. The number of halogens is 3. The summed E-state index contributed by atoms with van der Waals surface area (Å²) in [5, 5.41) is 22.0. The van der Waals surface area contributed by atoms with Gasteiger partial charge in [-0.1, -0.05) is 136 Å². The molecule has 0 radical (unpaired) electrons. The molecule has 2 amide bonds. The van der Waals surface area contributed by atoms with Crippen LogP contribution >= 0.6 is 39.1 Å². The summed E-state index contributed by atoms with van der Waals surface area (Å²) in [5.41, 5.74) is 6.08. The third kappa shape index (κ3) is 9.78.